The Kier molecular flexibility index (Phi) is 3.02. The van der Waals surface area contributed by atoms with E-state index in [1.54, 1.807) is 7.05 Å². The van der Waals surface area contributed by atoms with E-state index in [-0.39, 0.29) is 21.1 Å². The number of nitrogens with one attached hydrogen (secondary N) is 1. The lowest BCUT2D eigenvalue weighted by Crippen LogP contribution is -2.19. The second-order valence-corrected chi connectivity index (χ2v) is 5.84. The van der Waals surface area contributed by atoms with Crippen molar-refractivity contribution in [1.82, 2.24) is 24.8 Å². The molecular weight excluding hydrogens is 326 g/mol. The number of halogens is 1. The zero-order chi connectivity index (χ0) is 13.5. The molecule has 0 saturated carbocycles. The van der Waals surface area contributed by atoms with Crippen molar-refractivity contribution >= 4 is 37.5 Å². The molecule has 3 N–H and O–H groups in total. The van der Waals surface area contributed by atoms with E-state index >= 15 is 0 Å². The fourth-order valence-electron chi connectivity index (χ4n) is 1.36. The van der Waals surface area contributed by atoms with Gasteiger partial charge in [-0.3, -0.25) is 9.40 Å². The highest BCUT2D eigenvalue weighted by molar-refractivity contribution is 9.10. The molecule has 98 valence electrons. The summed E-state index contributed by atoms with van der Waals surface area (Å²) >= 11 is 3.03. The largest absolute Gasteiger partial charge is 0.394 e. The van der Waals surface area contributed by atoms with E-state index in [0.717, 1.165) is 4.68 Å². The van der Waals surface area contributed by atoms with Crippen LogP contribution in [0.5, 0.6) is 0 Å². The van der Waals surface area contributed by atoms with Gasteiger partial charge in [-0.05, 0) is 15.9 Å². The van der Waals surface area contributed by atoms with E-state index in [2.05, 4.69) is 36.1 Å². The van der Waals surface area contributed by atoms with Crippen molar-refractivity contribution in [1.29, 1.82) is 0 Å². The van der Waals surface area contributed by atoms with Crippen LogP contribution in [-0.2, 0) is 24.1 Å². The second kappa shape index (κ2) is 4.24. The first-order chi connectivity index (χ1) is 8.33. The Morgan fingerprint density at radius 1 is 1.39 bits per heavy atom. The standard InChI is InChI=1S/C7H10BrN7O2S/c1-14-6(4(9)3-10-14)12-18(16,17)7-5(8)11-13-15(7)2/h3,12H,9H2,1-2H3. The molecule has 0 bridgehead atoms. The highest BCUT2D eigenvalue weighted by Gasteiger charge is 2.25. The third-order valence-electron chi connectivity index (χ3n) is 2.19. The van der Waals surface area contributed by atoms with Gasteiger partial charge in [0.15, 0.2) is 10.4 Å². The summed E-state index contributed by atoms with van der Waals surface area (Å²) in [6, 6.07) is 0. The molecule has 2 aromatic heterocycles. The summed E-state index contributed by atoms with van der Waals surface area (Å²) < 4.78 is 29.3. The van der Waals surface area contributed by atoms with E-state index < -0.39 is 10.0 Å². The van der Waals surface area contributed by atoms with Crippen LogP contribution in [0.3, 0.4) is 0 Å². The normalized spacial score (nSPS) is 11.7. The van der Waals surface area contributed by atoms with Crippen LogP contribution in [-0.4, -0.2) is 33.2 Å². The molecule has 0 aliphatic carbocycles. The summed E-state index contributed by atoms with van der Waals surface area (Å²) in [6.07, 6.45) is 1.36. The minimum Gasteiger partial charge on any atom is -0.394 e. The molecule has 0 saturated heterocycles. The van der Waals surface area contributed by atoms with Gasteiger partial charge in [-0.15, -0.1) is 5.10 Å². The number of nitrogens with two attached hydrogens (primary N) is 1. The lowest BCUT2D eigenvalue weighted by molar-refractivity contribution is 0.578. The third kappa shape index (κ3) is 2.06. The molecule has 18 heavy (non-hydrogen) atoms. The first-order valence-corrected chi connectivity index (χ1v) is 6.96. The summed E-state index contributed by atoms with van der Waals surface area (Å²) in [5.74, 6) is 0.183. The van der Waals surface area contributed by atoms with E-state index in [0.29, 0.717) is 0 Å². The first-order valence-electron chi connectivity index (χ1n) is 4.68. The Hall–Kier alpha value is -1.62. The lowest BCUT2D eigenvalue weighted by Gasteiger charge is -2.08. The van der Waals surface area contributed by atoms with E-state index in [1.807, 2.05) is 0 Å². The number of aromatic nitrogens is 5. The topological polar surface area (TPSA) is 121 Å². The van der Waals surface area contributed by atoms with Gasteiger partial charge in [0.05, 0.1) is 11.9 Å². The molecule has 0 aromatic carbocycles. The molecule has 2 aromatic rings. The molecule has 0 radical (unpaired) electrons. The van der Waals surface area contributed by atoms with Crippen molar-refractivity contribution < 1.29 is 8.42 Å². The van der Waals surface area contributed by atoms with Gasteiger partial charge >= 0.3 is 0 Å². The third-order valence-corrected chi connectivity index (χ3v) is 4.42. The molecule has 11 heteroatoms. The van der Waals surface area contributed by atoms with Crippen molar-refractivity contribution in [3.8, 4) is 0 Å². The Labute approximate surface area is 111 Å². The molecule has 0 atom stereocenters. The maximum absolute atomic E-state index is 12.2. The van der Waals surface area contributed by atoms with Crippen LogP contribution >= 0.6 is 15.9 Å². The Balaban J connectivity index is 2.46. The predicted octanol–water partition coefficient (Wildman–Crippen LogP) is -0.306. The van der Waals surface area contributed by atoms with Crippen LogP contribution < -0.4 is 10.5 Å². The highest BCUT2D eigenvalue weighted by Crippen LogP contribution is 2.23. The summed E-state index contributed by atoms with van der Waals surface area (Å²) in [5.41, 5.74) is 5.85. The van der Waals surface area contributed by atoms with Gasteiger partial charge in [0.1, 0.15) is 0 Å². The molecule has 2 rings (SSSR count). The van der Waals surface area contributed by atoms with E-state index in [1.165, 1.54) is 17.9 Å². The van der Waals surface area contributed by atoms with Gasteiger partial charge < -0.3 is 5.73 Å². The van der Waals surface area contributed by atoms with Crippen molar-refractivity contribution in [2.24, 2.45) is 14.1 Å². The molecule has 0 aliphatic heterocycles. The summed E-state index contributed by atoms with van der Waals surface area (Å²) in [5, 5.41) is 11.0. The van der Waals surface area contributed by atoms with Crippen LogP contribution in [0.2, 0.25) is 0 Å². The highest BCUT2D eigenvalue weighted by atomic mass is 79.9. The molecule has 0 spiro atoms. The van der Waals surface area contributed by atoms with Gasteiger partial charge in [-0.2, -0.15) is 13.5 Å². The van der Waals surface area contributed by atoms with Gasteiger partial charge in [0.2, 0.25) is 5.03 Å². The number of nitrogens with zero attached hydrogens (tertiary/aromatic N) is 5. The summed E-state index contributed by atoms with van der Waals surface area (Å²) in [4.78, 5) is 0. The van der Waals surface area contributed by atoms with Gasteiger partial charge in [-0.1, -0.05) is 5.21 Å². The minimum absolute atomic E-state index is 0.0944. The van der Waals surface area contributed by atoms with E-state index in [4.69, 9.17) is 5.73 Å². The van der Waals surface area contributed by atoms with Crippen LogP contribution in [0.4, 0.5) is 11.5 Å². The van der Waals surface area contributed by atoms with Crippen LogP contribution in [0, 0.1) is 0 Å². The molecule has 0 amide bonds. The fourth-order valence-corrected chi connectivity index (χ4v) is 3.58. The average molecular weight is 336 g/mol. The zero-order valence-corrected chi connectivity index (χ0v) is 11.9. The number of aryl methyl sites for hydroxylation is 2. The van der Waals surface area contributed by atoms with Gasteiger partial charge in [0.25, 0.3) is 10.0 Å². The quantitative estimate of drug-likeness (QED) is 0.793. The van der Waals surface area contributed by atoms with Crippen LogP contribution in [0.1, 0.15) is 0 Å². The van der Waals surface area contributed by atoms with Crippen molar-refractivity contribution in [2.75, 3.05) is 10.5 Å². The number of sulfonamides is 1. The van der Waals surface area contributed by atoms with Gasteiger partial charge in [0, 0.05) is 14.1 Å². The second-order valence-electron chi connectivity index (χ2n) is 3.49. The summed E-state index contributed by atoms with van der Waals surface area (Å²) in [7, 11) is -0.801. The molecular formula is C7H10BrN7O2S. The molecule has 9 nitrogen and oxygen atoms in total. The monoisotopic (exact) mass is 335 g/mol. The number of nitrogen functional groups attached to an aromatic ring is 1. The molecule has 0 aliphatic rings. The molecule has 2 heterocycles. The minimum atomic E-state index is -3.85. The SMILES string of the molecule is Cn1ncc(N)c1NS(=O)(=O)c1c(Br)nnn1C. The van der Waals surface area contributed by atoms with Crippen LogP contribution in [0.15, 0.2) is 15.8 Å². The smallest absolute Gasteiger partial charge is 0.283 e. The first kappa shape index (κ1) is 12.8. The number of anilines is 2. The maximum Gasteiger partial charge on any atom is 0.283 e. The Bertz CT molecular complexity index is 650. The van der Waals surface area contributed by atoms with Crippen molar-refractivity contribution in [2.45, 2.75) is 5.03 Å². The number of rotatable bonds is 3. The number of hydrogen-bond donors (Lipinski definition) is 2. The lowest BCUT2D eigenvalue weighted by atomic mass is 10.5. The molecule has 0 fully saturated rings. The van der Waals surface area contributed by atoms with Crippen LogP contribution in [0.25, 0.3) is 0 Å². The van der Waals surface area contributed by atoms with Gasteiger partial charge in [-0.25, -0.2) is 4.68 Å². The van der Waals surface area contributed by atoms with E-state index in [9.17, 15) is 8.42 Å². The Morgan fingerprint density at radius 2 is 2.06 bits per heavy atom. The molecule has 0 unspecified atom stereocenters. The fraction of sp³-hybridized carbons (Fsp3) is 0.286. The predicted molar refractivity (Wildman–Crippen MR) is 67.1 cm³/mol. The number of hydrogen-bond acceptors (Lipinski definition) is 6. The summed E-state index contributed by atoms with van der Waals surface area (Å²) in [6.45, 7) is 0. The maximum atomic E-state index is 12.2. The van der Waals surface area contributed by atoms with Crippen molar-refractivity contribution in [3.05, 3.63) is 10.8 Å². The van der Waals surface area contributed by atoms with Crippen molar-refractivity contribution in [3.63, 3.8) is 0 Å². The zero-order valence-electron chi connectivity index (χ0n) is 9.49. The average Bonchev–Trinajstić information content (AvgIpc) is 2.76. The Morgan fingerprint density at radius 3 is 2.50 bits per heavy atom.